The van der Waals surface area contributed by atoms with Crippen molar-refractivity contribution in [1.82, 2.24) is 5.32 Å². The van der Waals surface area contributed by atoms with Gasteiger partial charge < -0.3 is 10.4 Å². The minimum absolute atomic E-state index is 0.203. The molecule has 0 aliphatic carbocycles. The molecule has 2 aromatic carbocycles. The Bertz CT molecular complexity index is 703. The summed E-state index contributed by atoms with van der Waals surface area (Å²) in [6.45, 7) is 1.66. The van der Waals surface area contributed by atoms with Gasteiger partial charge in [0.1, 0.15) is 11.9 Å². The molecule has 5 heteroatoms. The molecule has 2 N–H and O–H groups in total. The molecule has 126 valence electrons. The Morgan fingerprint density at radius 2 is 1.67 bits per heavy atom. The Labute approximate surface area is 140 Å². The Balaban J connectivity index is 1.99. The van der Waals surface area contributed by atoms with Gasteiger partial charge in [-0.3, -0.25) is 4.79 Å². The molecule has 2 aromatic rings. The third-order valence-electron chi connectivity index (χ3n) is 3.83. The molecule has 0 spiro atoms. The quantitative estimate of drug-likeness (QED) is 0.821. The van der Waals surface area contributed by atoms with Gasteiger partial charge in [0.15, 0.2) is 0 Å². The van der Waals surface area contributed by atoms with E-state index in [0.29, 0.717) is 5.56 Å². The van der Waals surface area contributed by atoms with E-state index in [1.807, 2.05) is 30.3 Å². The minimum Gasteiger partial charge on any atom is -0.480 e. The molecule has 24 heavy (non-hydrogen) atoms. The van der Waals surface area contributed by atoms with Gasteiger partial charge in [0.05, 0.1) is 0 Å². The number of halogens is 1. The van der Waals surface area contributed by atoms with Crippen molar-refractivity contribution in [2.45, 2.75) is 25.8 Å². The Kier molecular flexibility index (Phi) is 6.07. The monoisotopic (exact) mass is 329 g/mol. The minimum atomic E-state index is -1.09. The second-order valence-electron chi connectivity index (χ2n) is 5.79. The van der Waals surface area contributed by atoms with Gasteiger partial charge in [0.25, 0.3) is 0 Å². The van der Waals surface area contributed by atoms with Crippen molar-refractivity contribution in [2.75, 3.05) is 0 Å². The lowest BCUT2D eigenvalue weighted by atomic mass is 9.99. The van der Waals surface area contributed by atoms with Crippen molar-refractivity contribution in [3.05, 3.63) is 71.5 Å². The smallest absolute Gasteiger partial charge is 0.326 e. The average molecular weight is 329 g/mol. The zero-order chi connectivity index (χ0) is 17.5. The number of carboxylic acid groups (broad SMARTS) is 1. The van der Waals surface area contributed by atoms with Crippen LogP contribution in [0.25, 0.3) is 0 Å². The molecule has 0 aliphatic heterocycles. The number of hydrogen-bond donors (Lipinski definition) is 2. The zero-order valence-corrected chi connectivity index (χ0v) is 13.4. The first-order valence-corrected chi connectivity index (χ1v) is 7.78. The summed E-state index contributed by atoms with van der Waals surface area (Å²) < 4.78 is 13.7. The summed E-state index contributed by atoms with van der Waals surface area (Å²) in [5, 5.41) is 11.9. The lowest BCUT2D eigenvalue weighted by Gasteiger charge is -2.18. The topological polar surface area (TPSA) is 66.4 Å². The number of amides is 1. The molecule has 0 saturated carbocycles. The molecule has 2 rings (SSSR count). The van der Waals surface area contributed by atoms with E-state index in [0.717, 1.165) is 5.56 Å². The van der Waals surface area contributed by atoms with E-state index in [1.54, 1.807) is 25.1 Å². The first-order valence-electron chi connectivity index (χ1n) is 7.78. The number of carbonyl (C=O) groups excluding carboxylic acids is 1. The second kappa shape index (κ2) is 8.24. The van der Waals surface area contributed by atoms with Crippen LogP contribution in [0.4, 0.5) is 4.39 Å². The van der Waals surface area contributed by atoms with Crippen molar-refractivity contribution in [3.8, 4) is 0 Å². The van der Waals surface area contributed by atoms with Crippen LogP contribution < -0.4 is 5.32 Å². The molecule has 4 nitrogen and oxygen atoms in total. The number of hydrogen-bond acceptors (Lipinski definition) is 2. The molecule has 0 heterocycles. The summed E-state index contributed by atoms with van der Waals surface area (Å²) in [5.74, 6) is -2.39. The molecule has 0 bridgehead atoms. The number of nitrogens with one attached hydrogen (secondary N) is 1. The third kappa shape index (κ3) is 4.91. The van der Waals surface area contributed by atoms with Gasteiger partial charge >= 0.3 is 5.97 Å². The van der Waals surface area contributed by atoms with Gasteiger partial charge in [0, 0.05) is 12.3 Å². The predicted octanol–water partition coefficient (Wildman–Crippen LogP) is 2.82. The van der Waals surface area contributed by atoms with Crippen LogP contribution in [0.5, 0.6) is 0 Å². The maximum Gasteiger partial charge on any atom is 0.326 e. The molecular weight excluding hydrogens is 309 g/mol. The van der Waals surface area contributed by atoms with E-state index in [-0.39, 0.29) is 18.7 Å². The summed E-state index contributed by atoms with van der Waals surface area (Å²) in [4.78, 5) is 23.7. The largest absolute Gasteiger partial charge is 0.480 e. The molecule has 1 unspecified atom stereocenters. The van der Waals surface area contributed by atoms with Crippen LogP contribution in [0.1, 0.15) is 18.1 Å². The van der Waals surface area contributed by atoms with Crippen molar-refractivity contribution in [1.29, 1.82) is 0 Å². The zero-order valence-electron chi connectivity index (χ0n) is 13.4. The van der Waals surface area contributed by atoms with Crippen molar-refractivity contribution < 1.29 is 19.1 Å². The normalized spacial score (nSPS) is 13.1. The van der Waals surface area contributed by atoms with Crippen molar-refractivity contribution >= 4 is 11.9 Å². The molecule has 0 aliphatic rings. The van der Waals surface area contributed by atoms with E-state index >= 15 is 0 Å². The summed E-state index contributed by atoms with van der Waals surface area (Å²) in [7, 11) is 0. The molecule has 0 fully saturated rings. The number of carboxylic acids is 1. The molecule has 1 amide bonds. The first kappa shape index (κ1) is 17.7. The lowest BCUT2D eigenvalue weighted by Crippen LogP contribution is -2.44. The van der Waals surface area contributed by atoms with Crippen molar-refractivity contribution in [3.63, 3.8) is 0 Å². The number of benzene rings is 2. The van der Waals surface area contributed by atoms with Crippen molar-refractivity contribution in [2.24, 2.45) is 5.92 Å². The first-order chi connectivity index (χ1) is 11.5. The van der Waals surface area contributed by atoms with Gasteiger partial charge in [-0.05, 0) is 23.6 Å². The highest BCUT2D eigenvalue weighted by Gasteiger charge is 2.23. The third-order valence-corrected chi connectivity index (χ3v) is 3.83. The van der Waals surface area contributed by atoms with Gasteiger partial charge in [-0.1, -0.05) is 55.5 Å². The van der Waals surface area contributed by atoms with Crippen LogP contribution in [0.3, 0.4) is 0 Å². The van der Waals surface area contributed by atoms with E-state index in [9.17, 15) is 19.1 Å². The van der Waals surface area contributed by atoms with Crippen LogP contribution in [-0.2, 0) is 22.4 Å². The van der Waals surface area contributed by atoms with E-state index < -0.39 is 23.8 Å². The van der Waals surface area contributed by atoms with E-state index in [1.165, 1.54) is 6.07 Å². The lowest BCUT2D eigenvalue weighted by molar-refractivity contribution is -0.142. The molecule has 0 aromatic heterocycles. The Hall–Kier alpha value is -2.69. The van der Waals surface area contributed by atoms with Crippen LogP contribution in [0.2, 0.25) is 0 Å². The van der Waals surface area contributed by atoms with Gasteiger partial charge in [0.2, 0.25) is 5.91 Å². The predicted molar refractivity (Wildman–Crippen MR) is 89.0 cm³/mol. The van der Waals surface area contributed by atoms with Crippen LogP contribution in [-0.4, -0.2) is 23.0 Å². The van der Waals surface area contributed by atoms with E-state index in [4.69, 9.17) is 0 Å². The number of rotatable bonds is 7. The summed E-state index contributed by atoms with van der Waals surface area (Å²) in [6, 6.07) is 14.3. The van der Waals surface area contributed by atoms with Crippen LogP contribution >= 0.6 is 0 Å². The second-order valence-corrected chi connectivity index (χ2v) is 5.79. The Morgan fingerprint density at radius 1 is 1.04 bits per heavy atom. The summed E-state index contributed by atoms with van der Waals surface area (Å²) >= 11 is 0. The summed E-state index contributed by atoms with van der Waals surface area (Å²) in [6.07, 6.45) is 0.421. The van der Waals surface area contributed by atoms with Gasteiger partial charge in [-0.25, -0.2) is 9.18 Å². The SMILES string of the molecule is CC(Cc1ccccc1F)C(=O)N[C@H](Cc1ccccc1)C(=O)O. The maximum atomic E-state index is 13.7. The highest BCUT2D eigenvalue weighted by molar-refractivity contribution is 5.85. The average Bonchev–Trinajstić information content (AvgIpc) is 2.57. The number of carbonyl (C=O) groups is 2. The standard InChI is InChI=1S/C19H20FNO3/c1-13(11-15-9-5-6-10-16(15)20)18(22)21-17(19(23)24)12-14-7-3-2-4-8-14/h2-10,13,17H,11-12H2,1H3,(H,21,22)(H,23,24)/t13?,17-/m1/s1. The van der Waals surface area contributed by atoms with Crippen LogP contribution in [0.15, 0.2) is 54.6 Å². The van der Waals surface area contributed by atoms with Gasteiger partial charge in [-0.2, -0.15) is 0 Å². The highest BCUT2D eigenvalue weighted by Crippen LogP contribution is 2.13. The molecule has 0 saturated heterocycles. The fourth-order valence-corrected chi connectivity index (χ4v) is 2.45. The maximum absolute atomic E-state index is 13.7. The Morgan fingerprint density at radius 3 is 2.29 bits per heavy atom. The molecule has 0 radical (unpaired) electrons. The number of aliphatic carboxylic acids is 1. The van der Waals surface area contributed by atoms with Crippen LogP contribution in [0, 0.1) is 11.7 Å². The molecular formula is C19H20FNO3. The highest BCUT2D eigenvalue weighted by atomic mass is 19.1. The summed E-state index contributed by atoms with van der Waals surface area (Å²) in [5.41, 5.74) is 1.27. The molecule has 2 atom stereocenters. The fourth-order valence-electron chi connectivity index (χ4n) is 2.45. The van der Waals surface area contributed by atoms with E-state index in [2.05, 4.69) is 5.32 Å². The van der Waals surface area contributed by atoms with Gasteiger partial charge in [-0.15, -0.1) is 0 Å². The fraction of sp³-hybridized carbons (Fsp3) is 0.263.